The number of allylic oxidation sites excluding steroid dienone is 2. The van der Waals surface area contributed by atoms with E-state index in [9.17, 15) is 9.59 Å². The molecule has 24 heavy (non-hydrogen) atoms. The number of carbonyl (C=O) groups excluding carboxylic acids is 2. The third kappa shape index (κ3) is 4.37. The molecule has 0 radical (unpaired) electrons. The predicted octanol–water partition coefficient (Wildman–Crippen LogP) is 2.27. The van der Waals surface area contributed by atoms with Crippen LogP contribution >= 0.6 is 0 Å². The number of hydrogen-bond acceptors (Lipinski definition) is 3. The molecule has 1 aromatic carbocycles. The van der Waals surface area contributed by atoms with Gasteiger partial charge in [0.15, 0.2) is 0 Å². The molecule has 3 rings (SSSR count). The molecule has 128 valence electrons. The number of benzene rings is 1. The maximum Gasteiger partial charge on any atom is 0.224 e. The monoisotopic (exact) mass is 328 g/mol. The molecule has 5 nitrogen and oxygen atoms in total. The maximum absolute atomic E-state index is 12.4. The molecule has 1 heterocycles. The van der Waals surface area contributed by atoms with Gasteiger partial charge < -0.3 is 15.0 Å². The Kier molecular flexibility index (Phi) is 5.51. The highest BCUT2D eigenvalue weighted by atomic mass is 16.5. The normalized spacial score (nSPS) is 19.3. The second-order valence-electron chi connectivity index (χ2n) is 6.34. The number of fused-ring (bicyclic) bond motifs is 1. The number of hydrogen-bond donors (Lipinski definition) is 1. The van der Waals surface area contributed by atoms with Gasteiger partial charge in [0.1, 0.15) is 12.4 Å². The van der Waals surface area contributed by atoms with E-state index in [1.807, 2.05) is 24.3 Å². The van der Waals surface area contributed by atoms with Crippen LogP contribution in [-0.4, -0.2) is 36.4 Å². The standard InChI is InChI=1S/C19H24N2O3/c22-18(13-15-5-1-2-6-15)20-10-9-19(23)21-11-12-24-17-8-4-3-7-16(17)14-21/h1,3-5,7-8,15H,2,6,9-14H2,(H,20,22)/t15-/m1/s1. The number of nitrogens with zero attached hydrogens (tertiary/aromatic N) is 1. The zero-order valence-corrected chi connectivity index (χ0v) is 13.9. The average molecular weight is 328 g/mol. The molecule has 1 aromatic rings. The Morgan fingerprint density at radius 1 is 1.29 bits per heavy atom. The van der Waals surface area contributed by atoms with Crippen molar-refractivity contribution >= 4 is 11.8 Å². The Balaban J connectivity index is 1.43. The minimum absolute atomic E-state index is 0.0314. The van der Waals surface area contributed by atoms with E-state index in [1.54, 1.807) is 4.90 Å². The predicted molar refractivity (Wildman–Crippen MR) is 91.5 cm³/mol. The van der Waals surface area contributed by atoms with Crippen LogP contribution in [-0.2, 0) is 16.1 Å². The number of ether oxygens (including phenoxy) is 1. The van der Waals surface area contributed by atoms with E-state index in [0.29, 0.717) is 45.0 Å². The van der Waals surface area contributed by atoms with Crippen LogP contribution in [0.5, 0.6) is 5.75 Å². The van der Waals surface area contributed by atoms with Gasteiger partial charge in [-0.05, 0) is 24.8 Å². The lowest BCUT2D eigenvalue weighted by Gasteiger charge is -2.20. The lowest BCUT2D eigenvalue weighted by atomic mass is 10.1. The smallest absolute Gasteiger partial charge is 0.224 e. The Hall–Kier alpha value is -2.30. The Morgan fingerprint density at radius 3 is 3.00 bits per heavy atom. The van der Waals surface area contributed by atoms with Crippen molar-refractivity contribution in [2.24, 2.45) is 5.92 Å². The first kappa shape index (κ1) is 16.6. The molecular formula is C19H24N2O3. The SMILES string of the molecule is O=C(C[C@@H]1C=CCC1)NCCC(=O)N1CCOc2ccccc2C1. The van der Waals surface area contributed by atoms with Crippen LogP contribution in [0.2, 0.25) is 0 Å². The van der Waals surface area contributed by atoms with Crippen molar-refractivity contribution in [3.63, 3.8) is 0 Å². The molecule has 0 saturated heterocycles. The first-order valence-corrected chi connectivity index (χ1v) is 8.64. The summed E-state index contributed by atoms with van der Waals surface area (Å²) in [5, 5.41) is 2.86. The molecule has 1 N–H and O–H groups in total. The second-order valence-corrected chi connectivity index (χ2v) is 6.34. The van der Waals surface area contributed by atoms with E-state index in [0.717, 1.165) is 24.2 Å². The number of rotatable bonds is 5. The van der Waals surface area contributed by atoms with Crippen LogP contribution < -0.4 is 10.1 Å². The van der Waals surface area contributed by atoms with Gasteiger partial charge in [0.2, 0.25) is 11.8 Å². The highest BCUT2D eigenvalue weighted by Crippen LogP contribution is 2.22. The van der Waals surface area contributed by atoms with Gasteiger partial charge in [-0.25, -0.2) is 0 Å². The molecule has 0 aromatic heterocycles. The Labute approximate surface area is 142 Å². The fraction of sp³-hybridized carbons (Fsp3) is 0.474. The molecule has 2 amide bonds. The molecular weight excluding hydrogens is 304 g/mol. The van der Waals surface area contributed by atoms with Crippen LogP contribution in [0.3, 0.4) is 0 Å². The van der Waals surface area contributed by atoms with E-state index in [-0.39, 0.29) is 11.8 Å². The van der Waals surface area contributed by atoms with E-state index >= 15 is 0 Å². The fourth-order valence-corrected chi connectivity index (χ4v) is 3.18. The summed E-state index contributed by atoms with van der Waals surface area (Å²) in [6, 6.07) is 7.80. The van der Waals surface area contributed by atoms with Crippen molar-refractivity contribution in [1.29, 1.82) is 0 Å². The first-order chi connectivity index (χ1) is 11.7. The zero-order valence-electron chi connectivity index (χ0n) is 13.9. The van der Waals surface area contributed by atoms with Gasteiger partial charge in [-0.15, -0.1) is 0 Å². The van der Waals surface area contributed by atoms with Crippen molar-refractivity contribution in [2.75, 3.05) is 19.7 Å². The van der Waals surface area contributed by atoms with Crippen LogP contribution in [0.15, 0.2) is 36.4 Å². The van der Waals surface area contributed by atoms with Gasteiger partial charge in [-0.3, -0.25) is 9.59 Å². The van der Waals surface area contributed by atoms with Crippen LogP contribution in [0.1, 0.15) is 31.2 Å². The summed E-state index contributed by atoms with van der Waals surface area (Å²) in [5.41, 5.74) is 1.03. The molecule has 1 atom stereocenters. The van der Waals surface area contributed by atoms with Crippen molar-refractivity contribution in [3.8, 4) is 5.75 Å². The number of para-hydroxylation sites is 1. The van der Waals surface area contributed by atoms with E-state index in [1.165, 1.54) is 0 Å². The molecule has 5 heteroatoms. The Morgan fingerprint density at radius 2 is 2.17 bits per heavy atom. The van der Waals surface area contributed by atoms with Gasteiger partial charge in [0.25, 0.3) is 0 Å². The number of carbonyl (C=O) groups is 2. The maximum atomic E-state index is 12.4. The molecule has 1 aliphatic heterocycles. The summed E-state index contributed by atoms with van der Waals surface area (Å²) >= 11 is 0. The van der Waals surface area contributed by atoms with Crippen LogP contribution in [0.25, 0.3) is 0 Å². The third-order valence-electron chi connectivity index (χ3n) is 4.53. The van der Waals surface area contributed by atoms with Gasteiger partial charge in [-0.1, -0.05) is 30.4 Å². The molecule has 0 spiro atoms. The average Bonchev–Trinajstić information content (AvgIpc) is 2.98. The summed E-state index contributed by atoms with van der Waals surface area (Å²) in [6.45, 7) is 2.04. The minimum atomic E-state index is 0.0314. The van der Waals surface area contributed by atoms with Crippen molar-refractivity contribution in [1.82, 2.24) is 10.2 Å². The summed E-state index contributed by atoms with van der Waals surface area (Å²) in [6.07, 6.45) is 7.21. The van der Waals surface area contributed by atoms with Crippen molar-refractivity contribution in [3.05, 3.63) is 42.0 Å². The summed E-state index contributed by atoms with van der Waals surface area (Å²) in [7, 11) is 0. The summed E-state index contributed by atoms with van der Waals surface area (Å²) in [4.78, 5) is 26.1. The largest absolute Gasteiger partial charge is 0.491 e. The molecule has 0 saturated carbocycles. The van der Waals surface area contributed by atoms with Gasteiger partial charge in [-0.2, -0.15) is 0 Å². The van der Waals surface area contributed by atoms with Gasteiger partial charge >= 0.3 is 0 Å². The molecule has 0 bridgehead atoms. The van der Waals surface area contributed by atoms with Gasteiger partial charge in [0.05, 0.1) is 6.54 Å². The quantitative estimate of drug-likeness (QED) is 0.844. The van der Waals surface area contributed by atoms with Crippen molar-refractivity contribution < 1.29 is 14.3 Å². The molecule has 0 fully saturated rings. The Bertz CT molecular complexity index is 627. The highest BCUT2D eigenvalue weighted by Gasteiger charge is 2.19. The fourth-order valence-electron chi connectivity index (χ4n) is 3.18. The molecule has 0 unspecified atom stereocenters. The topological polar surface area (TPSA) is 58.6 Å². The highest BCUT2D eigenvalue weighted by molar-refractivity contribution is 5.79. The molecule has 1 aliphatic carbocycles. The number of amides is 2. The van der Waals surface area contributed by atoms with Crippen molar-refractivity contribution in [2.45, 2.75) is 32.2 Å². The van der Waals surface area contributed by atoms with Gasteiger partial charge in [0, 0.05) is 31.5 Å². The van der Waals surface area contributed by atoms with Crippen LogP contribution in [0, 0.1) is 5.92 Å². The van der Waals surface area contributed by atoms with Crippen LogP contribution in [0.4, 0.5) is 0 Å². The summed E-state index contributed by atoms with van der Waals surface area (Å²) < 4.78 is 5.68. The second kappa shape index (κ2) is 7.99. The summed E-state index contributed by atoms with van der Waals surface area (Å²) in [5.74, 6) is 1.30. The minimum Gasteiger partial charge on any atom is -0.491 e. The third-order valence-corrected chi connectivity index (χ3v) is 4.53. The van der Waals surface area contributed by atoms with E-state index < -0.39 is 0 Å². The van der Waals surface area contributed by atoms with E-state index in [2.05, 4.69) is 17.5 Å². The zero-order chi connectivity index (χ0) is 16.8. The lowest BCUT2D eigenvalue weighted by Crippen LogP contribution is -2.35. The number of nitrogens with one attached hydrogen (secondary N) is 1. The first-order valence-electron chi connectivity index (χ1n) is 8.64. The lowest BCUT2D eigenvalue weighted by molar-refractivity contribution is -0.132. The van der Waals surface area contributed by atoms with E-state index in [4.69, 9.17) is 4.74 Å². The molecule has 2 aliphatic rings.